The van der Waals surface area contributed by atoms with Gasteiger partial charge in [-0.2, -0.15) is 0 Å². The Balaban J connectivity index is 1.94. The summed E-state index contributed by atoms with van der Waals surface area (Å²) in [7, 11) is -3.58. The van der Waals surface area contributed by atoms with E-state index in [1.807, 2.05) is 13.0 Å². The van der Waals surface area contributed by atoms with Gasteiger partial charge in [0.25, 0.3) is 10.0 Å². The van der Waals surface area contributed by atoms with Crippen LogP contribution in [0.4, 0.5) is 11.4 Å². The first-order valence-corrected chi connectivity index (χ1v) is 7.85. The number of aryl methyl sites for hydroxylation is 1. The van der Waals surface area contributed by atoms with E-state index in [0.717, 1.165) is 29.8 Å². The summed E-state index contributed by atoms with van der Waals surface area (Å²) >= 11 is 0. The molecule has 5 nitrogen and oxygen atoms in total. The van der Waals surface area contributed by atoms with Gasteiger partial charge >= 0.3 is 0 Å². The summed E-state index contributed by atoms with van der Waals surface area (Å²) in [6.07, 6.45) is 4.00. The maximum atomic E-state index is 12.4. The van der Waals surface area contributed by atoms with Crippen molar-refractivity contribution in [2.45, 2.75) is 18.2 Å². The second-order valence-electron chi connectivity index (χ2n) is 4.79. The fraction of sp³-hybridized carbons (Fsp3) is 0.214. The molecule has 0 unspecified atom stereocenters. The molecule has 1 aromatic heterocycles. The second-order valence-corrected chi connectivity index (χ2v) is 6.47. The lowest BCUT2D eigenvalue weighted by atomic mass is 10.2. The standard InChI is InChI=1S/C14H15N3O2S/c1-10-4-6-15-9-14(10)17-20(18,19)12-2-3-13-11(8-12)5-7-16-13/h2-4,6,8-9,16-17H,5,7H2,1H3. The summed E-state index contributed by atoms with van der Waals surface area (Å²) in [6, 6.07) is 6.92. The van der Waals surface area contributed by atoms with Crippen molar-refractivity contribution in [3.63, 3.8) is 0 Å². The summed E-state index contributed by atoms with van der Waals surface area (Å²) < 4.78 is 27.4. The first kappa shape index (κ1) is 12.9. The van der Waals surface area contributed by atoms with Crippen LogP contribution in [0.3, 0.4) is 0 Å². The normalized spacial score (nSPS) is 13.7. The summed E-state index contributed by atoms with van der Waals surface area (Å²) in [5, 5.41) is 3.21. The fourth-order valence-electron chi connectivity index (χ4n) is 2.22. The largest absolute Gasteiger partial charge is 0.384 e. The predicted octanol–water partition coefficient (Wildman–Crippen LogP) is 2.16. The number of benzene rings is 1. The second kappa shape index (κ2) is 4.79. The van der Waals surface area contributed by atoms with Crippen LogP contribution >= 0.6 is 0 Å². The van der Waals surface area contributed by atoms with Gasteiger partial charge < -0.3 is 5.32 Å². The van der Waals surface area contributed by atoms with Crippen LogP contribution in [-0.2, 0) is 16.4 Å². The van der Waals surface area contributed by atoms with E-state index in [4.69, 9.17) is 0 Å². The topological polar surface area (TPSA) is 71.1 Å². The molecule has 20 heavy (non-hydrogen) atoms. The highest BCUT2D eigenvalue weighted by Gasteiger charge is 2.18. The molecule has 0 fully saturated rings. The van der Waals surface area contributed by atoms with Crippen LogP contribution in [-0.4, -0.2) is 19.9 Å². The zero-order valence-corrected chi connectivity index (χ0v) is 11.9. The van der Waals surface area contributed by atoms with Crippen molar-refractivity contribution < 1.29 is 8.42 Å². The molecule has 2 heterocycles. The van der Waals surface area contributed by atoms with Gasteiger partial charge in [-0.3, -0.25) is 9.71 Å². The van der Waals surface area contributed by atoms with Crippen LogP contribution in [0, 0.1) is 6.92 Å². The van der Waals surface area contributed by atoms with Gasteiger partial charge in [-0.15, -0.1) is 0 Å². The third kappa shape index (κ3) is 2.34. The van der Waals surface area contributed by atoms with Gasteiger partial charge in [-0.25, -0.2) is 8.42 Å². The minimum absolute atomic E-state index is 0.281. The molecule has 6 heteroatoms. The van der Waals surface area contributed by atoms with Crippen molar-refractivity contribution in [2.75, 3.05) is 16.6 Å². The van der Waals surface area contributed by atoms with E-state index >= 15 is 0 Å². The van der Waals surface area contributed by atoms with Gasteiger partial charge in [0.2, 0.25) is 0 Å². The zero-order valence-electron chi connectivity index (χ0n) is 11.1. The number of nitrogens with one attached hydrogen (secondary N) is 2. The summed E-state index contributed by atoms with van der Waals surface area (Å²) in [6.45, 7) is 2.69. The lowest BCUT2D eigenvalue weighted by molar-refractivity contribution is 0.601. The van der Waals surface area contributed by atoms with Crippen molar-refractivity contribution in [1.29, 1.82) is 0 Å². The zero-order chi connectivity index (χ0) is 14.2. The van der Waals surface area contributed by atoms with Crippen molar-refractivity contribution in [3.05, 3.63) is 47.8 Å². The molecule has 3 rings (SSSR count). The number of nitrogens with zero attached hydrogens (tertiary/aromatic N) is 1. The Hall–Kier alpha value is -2.08. The Bertz CT molecular complexity index is 757. The molecular weight excluding hydrogens is 274 g/mol. The third-order valence-electron chi connectivity index (χ3n) is 3.38. The number of pyridine rings is 1. The number of aromatic nitrogens is 1. The van der Waals surface area contributed by atoms with E-state index in [9.17, 15) is 8.42 Å². The molecule has 0 aliphatic carbocycles. The van der Waals surface area contributed by atoms with Crippen molar-refractivity contribution in [1.82, 2.24) is 4.98 Å². The minimum atomic E-state index is -3.58. The SMILES string of the molecule is Cc1ccncc1NS(=O)(=O)c1ccc2c(c1)CCN2. The Morgan fingerprint density at radius 1 is 1.30 bits per heavy atom. The molecule has 104 valence electrons. The van der Waals surface area contributed by atoms with E-state index in [-0.39, 0.29) is 4.90 Å². The van der Waals surface area contributed by atoms with Crippen LogP contribution in [0.5, 0.6) is 0 Å². The van der Waals surface area contributed by atoms with Crippen molar-refractivity contribution >= 4 is 21.4 Å². The van der Waals surface area contributed by atoms with Crippen molar-refractivity contribution in [3.8, 4) is 0 Å². The van der Waals surface area contributed by atoms with E-state index < -0.39 is 10.0 Å². The lowest BCUT2D eigenvalue weighted by Gasteiger charge is -2.10. The maximum absolute atomic E-state index is 12.4. The molecule has 0 saturated heterocycles. The monoisotopic (exact) mass is 289 g/mol. The quantitative estimate of drug-likeness (QED) is 0.908. The summed E-state index contributed by atoms with van der Waals surface area (Å²) in [5.74, 6) is 0. The Morgan fingerprint density at radius 3 is 2.95 bits per heavy atom. The smallest absolute Gasteiger partial charge is 0.261 e. The first-order valence-electron chi connectivity index (χ1n) is 6.36. The summed E-state index contributed by atoms with van der Waals surface area (Å²) in [5.41, 5.74) is 3.40. The first-order chi connectivity index (χ1) is 9.56. The fourth-order valence-corrected chi connectivity index (χ4v) is 3.39. The number of hydrogen-bond donors (Lipinski definition) is 2. The van der Waals surface area contributed by atoms with Gasteiger partial charge in [0.05, 0.1) is 16.8 Å². The number of rotatable bonds is 3. The van der Waals surface area contributed by atoms with Crippen LogP contribution in [0.1, 0.15) is 11.1 Å². The Morgan fingerprint density at radius 2 is 2.15 bits per heavy atom. The molecule has 0 saturated carbocycles. The molecule has 0 atom stereocenters. The van der Waals surface area contributed by atoms with Gasteiger partial charge in [0.15, 0.2) is 0 Å². The summed E-state index contributed by atoms with van der Waals surface area (Å²) in [4.78, 5) is 4.22. The molecule has 1 aliphatic heterocycles. The molecule has 1 aliphatic rings. The number of fused-ring (bicyclic) bond motifs is 1. The van der Waals surface area contributed by atoms with E-state index in [0.29, 0.717) is 5.69 Å². The van der Waals surface area contributed by atoms with Gasteiger partial charge in [0, 0.05) is 18.4 Å². The predicted molar refractivity (Wildman–Crippen MR) is 78.4 cm³/mol. The van der Waals surface area contributed by atoms with Gasteiger partial charge in [-0.1, -0.05) is 0 Å². The van der Waals surface area contributed by atoms with E-state index in [2.05, 4.69) is 15.0 Å². The highest BCUT2D eigenvalue weighted by Crippen LogP contribution is 2.26. The van der Waals surface area contributed by atoms with Crippen LogP contribution in [0.2, 0.25) is 0 Å². The Labute approximate surface area is 118 Å². The average molecular weight is 289 g/mol. The average Bonchev–Trinajstić information content (AvgIpc) is 2.88. The van der Waals surface area contributed by atoms with Crippen LogP contribution in [0.25, 0.3) is 0 Å². The van der Waals surface area contributed by atoms with Gasteiger partial charge in [0.1, 0.15) is 0 Å². The lowest BCUT2D eigenvalue weighted by Crippen LogP contribution is -2.14. The van der Waals surface area contributed by atoms with Crippen molar-refractivity contribution in [2.24, 2.45) is 0 Å². The minimum Gasteiger partial charge on any atom is -0.384 e. The molecule has 0 bridgehead atoms. The van der Waals surface area contributed by atoms with Crippen LogP contribution in [0.15, 0.2) is 41.6 Å². The number of sulfonamides is 1. The Kier molecular flexibility index (Phi) is 3.10. The molecule has 0 amide bonds. The van der Waals surface area contributed by atoms with Crippen LogP contribution < -0.4 is 10.0 Å². The third-order valence-corrected chi connectivity index (χ3v) is 4.74. The van der Waals surface area contributed by atoms with E-state index in [1.165, 1.54) is 6.20 Å². The maximum Gasteiger partial charge on any atom is 0.261 e. The number of hydrogen-bond acceptors (Lipinski definition) is 4. The highest BCUT2D eigenvalue weighted by molar-refractivity contribution is 7.92. The van der Waals surface area contributed by atoms with Gasteiger partial charge in [-0.05, 0) is 48.7 Å². The number of anilines is 2. The molecule has 2 aromatic rings. The van der Waals surface area contributed by atoms with E-state index in [1.54, 1.807) is 24.4 Å². The molecule has 0 spiro atoms. The molecule has 1 aromatic carbocycles. The molecule has 0 radical (unpaired) electrons. The molecule has 2 N–H and O–H groups in total. The highest BCUT2D eigenvalue weighted by atomic mass is 32.2. The molecular formula is C14H15N3O2S.